The topological polar surface area (TPSA) is 78.9 Å². The van der Waals surface area contributed by atoms with Gasteiger partial charge in [-0.3, -0.25) is 14.4 Å². The van der Waals surface area contributed by atoms with E-state index in [1.54, 1.807) is 0 Å². The predicted molar refractivity (Wildman–Crippen MR) is 334 cm³/mol. The van der Waals surface area contributed by atoms with Crippen LogP contribution in [0.25, 0.3) is 0 Å². The van der Waals surface area contributed by atoms with Crippen LogP contribution in [-0.2, 0) is 28.6 Å². The molecule has 1 atom stereocenters. The molecule has 0 spiro atoms. The fourth-order valence-corrected chi connectivity index (χ4v) is 8.89. The second-order valence-electron chi connectivity index (χ2n) is 21.3. The van der Waals surface area contributed by atoms with E-state index in [1.807, 2.05) is 0 Å². The molecule has 440 valence electrons. The minimum Gasteiger partial charge on any atom is -0.462 e. The Labute approximate surface area is 476 Å². The molecule has 77 heavy (non-hydrogen) atoms. The molecule has 6 nitrogen and oxygen atoms in total. The summed E-state index contributed by atoms with van der Waals surface area (Å²) in [5.41, 5.74) is 0. The zero-order chi connectivity index (χ0) is 55.7. The Hall–Kier alpha value is -3.93. The van der Waals surface area contributed by atoms with Crippen LogP contribution >= 0.6 is 0 Å². The Bertz CT molecular complexity index is 1560. The first-order chi connectivity index (χ1) is 38.0. The van der Waals surface area contributed by atoms with Gasteiger partial charge in [-0.25, -0.2) is 0 Å². The first-order valence-corrected chi connectivity index (χ1v) is 32.4. The predicted octanol–water partition coefficient (Wildman–Crippen LogP) is 22.2. The van der Waals surface area contributed by atoms with E-state index >= 15 is 0 Å². The van der Waals surface area contributed by atoms with Gasteiger partial charge in [0.1, 0.15) is 13.2 Å². The second kappa shape index (κ2) is 64.6. The molecule has 0 saturated carbocycles. The molecule has 0 aliphatic heterocycles. The van der Waals surface area contributed by atoms with Gasteiger partial charge in [0.15, 0.2) is 6.10 Å². The summed E-state index contributed by atoms with van der Waals surface area (Å²) in [4.78, 5) is 38.2. The maximum atomic E-state index is 12.9. The average molecular weight is 1070 g/mol. The lowest BCUT2D eigenvalue weighted by Crippen LogP contribution is -2.30. The van der Waals surface area contributed by atoms with Crippen molar-refractivity contribution < 1.29 is 28.6 Å². The summed E-state index contributed by atoms with van der Waals surface area (Å²) in [5, 5.41) is 0. The number of allylic oxidation sites excluding steroid dienone is 18. The summed E-state index contributed by atoms with van der Waals surface area (Å²) in [5.74, 6) is -0.899. The largest absolute Gasteiger partial charge is 0.462 e. The summed E-state index contributed by atoms with van der Waals surface area (Å²) >= 11 is 0. The average Bonchev–Trinajstić information content (AvgIpc) is 3.43. The van der Waals surface area contributed by atoms with Gasteiger partial charge < -0.3 is 14.2 Å². The summed E-state index contributed by atoms with van der Waals surface area (Å²) < 4.78 is 16.9. The number of carbonyl (C=O) groups excluding carboxylic acids is 3. The highest BCUT2D eigenvalue weighted by Crippen LogP contribution is 2.16. The molecule has 0 radical (unpaired) electrons. The van der Waals surface area contributed by atoms with Gasteiger partial charge in [0.25, 0.3) is 0 Å². The van der Waals surface area contributed by atoms with Crippen LogP contribution in [-0.4, -0.2) is 37.2 Å². The Morgan fingerprint density at radius 3 is 0.857 bits per heavy atom. The highest BCUT2D eigenvalue weighted by Gasteiger charge is 2.19. The number of unbranched alkanes of at least 4 members (excludes halogenated alkanes) is 29. The zero-order valence-electron chi connectivity index (χ0n) is 50.4. The van der Waals surface area contributed by atoms with Crippen molar-refractivity contribution in [2.45, 2.75) is 309 Å². The third-order valence-electron chi connectivity index (χ3n) is 13.7. The lowest BCUT2D eigenvalue weighted by atomic mass is 10.1. The van der Waals surface area contributed by atoms with Crippen molar-refractivity contribution in [1.29, 1.82) is 0 Å². The minimum atomic E-state index is -0.787. The van der Waals surface area contributed by atoms with Crippen LogP contribution in [0.1, 0.15) is 303 Å². The fourth-order valence-electron chi connectivity index (χ4n) is 8.89. The van der Waals surface area contributed by atoms with Gasteiger partial charge in [-0.15, -0.1) is 0 Å². The molecule has 0 rings (SSSR count). The van der Waals surface area contributed by atoms with Crippen molar-refractivity contribution in [2.75, 3.05) is 13.2 Å². The second-order valence-corrected chi connectivity index (χ2v) is 21.3. The molecule has 0 aliphatic rings. The standard InChI is InChI=1S/C71H120O6/c1-4-7-10-13-16-19-22-24-26-28-30-31-32-33-34-35-36-37-38-39-40-41-42-44-45-47-49-52-55-58-61-64-70(73)76-67-68(66-75-69(72)63-60-57-54-51-21-18-15-12-9-6-3)77-71(74)65-62-59-56-53-50-48-46-43-29-27-25-23-20-17-14-11-8-5-2/h7,10,12,15-16,19,24,26-27,29-31,33-34,36-37,39-40,68H,4-6,8-9,11,13-14,17-18,20-23,25,28,32,35,38,41-67H2,1-3H3/b10-7-,15-12-,19-16-,26-24-,29-27-,31-30-,34-33-,37-36-,40-39-. The molecule has 0 aromatic rings. The van der Waals surface area contributed by atoms with Gasteiger partial charge in [0.2, 0.25) is 0 Å². The first kappa shape index (κ1) is 73.1. The molecular formula is C71H120O6. The van der Waals surface area contributed by atoms with E-state index in [4.69, 9.17) is 14.2 Å². The van der Waals surface area contributed by atoms with Crippen LogP contribution in [0.2, 0.25) is 0 Å². The molecule has 1 unspecified atom stereocenters. The Morgan fingerprint density at radius 1 is 0.273 bits per heavy atom. The van der Waals surface area contributed by atoms with Crippen molar-refractivity contribution in [1.82, 2.24) is 0 Å². The van der Waals surface area contributed by atoms with Crippen molar-refractivity contribution in [3.63, 3.8) is 0 Å². The molecule has 0 amide bonds. The minimum absolute atomic E-state index is 0.0852. The summed E-state index contributed by atoms with van der Waals surface area (Å²) in [6.45, 7) is 6.46. The molecule has 6 heteroatoms. The summed E-state index contributed by atoms with van der Waals surface area (Å²) in [7, 11) is 0. The normalized spacial score (nSPS) is 12.8. The Kier molecular flexibility index (Phi) is 61.3. The number of carbonyl (C=O) groups is 3. The van der Waals surface area contributed by atoms with E-state index in [0.29, 0.717) is 19.3 Å². The van der Waals surface area contributed by atoms with Gasteiger partial charge in [-0.1, -0.05) is 271 Å². The van der Waals surface area contributed by atoms with E-state index in [2.05, 4.69) is 130 Å². The Balaban J connectivity index is 4.23. The summed E-state index contributed by atoms with van der Waals surface area (Å²) in [6.07, 6.45) is 88.2. The van der Waals surface area contributed by atoms with Crippen LogP contribution < -0.4 is 0 Å². The highest BCUT2D eigenvalue weighted by atomic mass is 16.6. The number of hydrogen-bond donors (Lipinski definition) is 0. The van der Waals surface area contributed by atoms with E-state index in [9.17, 15) is 14.4 Å². The highest BCUT2D eigenvalue weighted by molar-refractivity contribution is 5.71. The zero-order valence-corrected chi connectivity index (χ0v) is 50.4. The van der Waals surface area contributed by atoms with Crippen LogP contribution in [0.4, 0.5) is 0 Å². The van der Waals surface area contributed by atoms with Crippen molar-refractivity contribution in [3.05, 3.63) is 109 Å². The monoisotopic (exact) mass is 1070 g/mol. The van der Waals surface area contributed by atoms with Gasteiger partial charge in [-0.2, -0.15) is 0 Å². The smallest absolute Gasteiger partial charge is 0.306 e. The SMILES string of the molecule is CC/C=C\C/C=C\C/C=C\C/C=C\C/C=C\C/C=C\C/C=C\CCCCCCCCCCCC(=O)OCC(COC(=O)CCCCCCC/C=C\CCC)OC(=O)CCCCCCCCC/C=C\CCCCCCCCC. The van der Waals surface area contributed by atoms with Gasteiger partial charge in [0, 0.05) is 19.3 Å². The van der Waals surface area contributed by atoms with Gasteiger partial charge in [0.05, 0.1) is 0 Å². The molecule has 0 N–H and O–H groups in total. The van der Waals surface area contributed by atoms with E-state index in [0.717, 1.165) is 122 Å². The van der Waals surface area contributed by atoms with Gasteiger partial charge >= 0.3 is 17.9 Å². The van der Waals surface area contributed by atoms with Crippen LogP contribution in [0.15, 0.2) is 109 Å². The number of esters is 3. The quantitative estimate of drug-likeness (QED) is 0.0261. The molecule has 0 bridgehead atoms. The number of rotatable bonds is 58. The molecular weight excluding hydrogens is 949 g/mol. The Morgan fingerprint density at radius 2 is 0.532 bits per heavy atom. The summed E-state index contributed by atoms with van der Waals surface area (Å²) in [6, 6.07) is 0. The lowest BCUT2D eigenvalue weighted by molar-refractivity contribution is -0.167. The third-order valence-corrected chi connectivity index (χ3v) is 13.7. The van der Waals surface area contributed by atoms with Crippen molar-refractivity contribution in [2.24, 2.45) is 0 Å². The van der Waals surface area contributed by atoms with Crippen LogP contribution in [0.5, 0.6) is 0 Å². The van der Waals surface area contributed by atoms with E-state index < -0.39 is 6.10 Å². The number of ether oxygens (including phenoxy) is 3. The lowest BCUT2D eigenvalue weighted by Gasteiger charge is -2.18. The molecule has 0 heterocycles. The molecule has 0 aromatic heterocycles. The van der Waals surface area contributed by atoms with Crippen molar-refractivity contribution in [3.8, 4) is 0 Å². The van der Waals surface area contributed by atoms with Crippen LogP contribution in [0.3, 0.4) is 0 Å². The third kappa shape index (κ3) is 62.8. The van der Waals surface area contributed by atoms with Crippen LogP contribution in [0, 0.1) is 0 Å². The van der Waals surface area contributed by atoms with Gasteiger partial charge in [-0.05, 0) is 122 Å². The van der Waals surface area contributed by atoms with Crippen molar-refractivity contribution >= 4 is 17.9 Å². The molecule has 0 saturated heterocycles. The number of hydrogen-bond acceptors (Lipinski definition) is 6. The molecule has 0 fully saturated rings. The van der Waals surface area contributed by atoms with E-state index in [-0.39, 0.29) is 31.1 Å². The molecule has 0 aliphatic carbocycles. The fraction of sp³-hybridized carbons (Fsp3) is 0.704. The van der Waals surface area contributed by atoms with E-state index in [1.165, 1.54) is 141 Å². The molecule has 0 aromatic carbocycles. The first-order valence-electron chi connectivity index (χ1n) is 32.4. The maximum absolute atomic E-state index is 12.9. The maximum Gasteiger partial charge on any atom is 0.306 e.